The molecule has 1 rings (SSSR count). The fraction of sp³-hybridized carbons (Fsp3) is 0.846. The van der Waals surface area contributed by atoms with Crippen molar-refractivity contribution in [2.75, 3.05) is 27.4 Å². The Balaban J connectivity index is 2.28. The number of hydrogen-bond donors (Lipinski definition) is 0. The minimum Gasteiger partial charge on any atom is -0.469 e. The highest BCUT2D eigenvalue weighted by molar-refractivity contribution is 5.70. The molecule has 0 N–H and O–H groups in total. The SMILES string of the molecule is COC[C@@H]1CCCN1/N=C\C[C@@H](C)CC(=O)OC. The number of ether oxygens (including phenoxy) is 2. The summed E-state index contributed by atoms with van der Waals surface area (Å²) in [6, 6.07) is 0.405. The highest BCUT2D eigenvalue weighted by atomic mass is 16.5. The van der Waals surface area contributed by atoms with E-state index in [4.69, 9.17) is 4.74 Å². The Morgan fingerprint density at radius 1 is 1.56 bits per heavy atom. The lowest BCUT2D eigenvalue weighted by molar-refractivity contribution is -0.141. The molecule has 0 aliphatic carbocycles. The predicted octanol–water partition coefficient (Wildman–Crippen LogP) is 1.67. The lowest BCUT2D eigenvalue weighted by Crippen LogP contribution is -2.28. The zero-order valence-electron chi connectivity index (χ0n) is 11.6. The van der Waals surface area contributed by atoms with Crippen LogP contribution >= 0.6 is 0 Å². The third-order valence-corrected chi connectivity index (χ3v) is 3.19. The van der Waals surface area contributed by atoms with Crippen molar-refractivity contribution < 1.29 is 14.3 Å². The van der Waals surface area contributed by atoms with Crippen molar-refractivity contribution in [3.05, 3.63) is 0 Å². The van der Waals surface area contributed by atoms with Gasteiger partial charge in [0.25, 0.3) is 0 Å². The summed E-state index contributed by atoms with van der Waals surface area (Å²) in [5, 5.41) is 6.56. The average molecular weight is 256 g/mol. The smallest absolute Gasteiger partial charge is 0.305 e. The van der Waals surface area contributed by atoms with Crippen molar-refractivity contribution >= 4 is 12.2 Å². The van der Waals surface area contributed by atoms with Gasteiger partial charge in [0.2, 0.25) is 0 Å². The number of carbonyl (C=O) groups is 1. The Bertz CT molecular complexity index is 281. The second-order valence-electron chi connectivity index (χ2n) is 4.83. The van der Waals surface area contributed by atoms with Crippen molar-refractivity contribution in [3.63, 3.8) is 0 Å². The third kappa shape index (κ3) is 5.04. The Morgan fingerprint density at radius 3 is 3.00 bits per heavy atom. The molecule has 2 atom stereocenters. The van der Waals surface area contributed by atoms with Crippen LogP contribution in [0.15, 0.2) is 5.10 Å². The number of methoxy groups -OCH3 is 2. The van der Waals surface area contributed by atoms with Gasteiger partial charge in [-0.3, -0.25) is 9.80 Å². The summed E-state index contributed by atoms with van der Waals surface area (Å²) in [6.45, 7) is 3.75. The molecule has 0 aromatic rings. The molecule has 1 aliphatic rings. The number of hydrogen-bond acceptors (Lipinski definition) is 5. The van der Waals surface area contributed by atoms with Gasteiger partial charge < -0.3 is 9.47 Å². The molecule has 104 valence electrons. The van der Waals surface area contributed by atoms with Gasteiger partial charge in [0.1, 0.15) is 0 Å². The quantitative estimate of drug-likeness (QED) is 0.513. The molecule has 0 amide bonds. The first-order chi connectivity index (χ1) is 8.67. The Hall–Kier alpha value is -1.10. The molecule has 0 saturated carbocycles. The van der Waals surface area contributed by atoms with Crippen LogP contribution in [-0.2, 0) is 14.3 Å². The van der Waals surface area contributed by atoms with Crippen molar-refractivity contribution in [2.24, 2.45) is 11.0 Å². The predicted molar refractivity (Wildman–Crippen MR) is 70.5 cm³/mol. The van der Waals surface area contributed by atoms with Crippen molar-refractivity contribution in [1.29, 1.82) is 0 Å². The van der Waals surface area contributed by atoms with Crippen LogP contribution in [0.25, 0.3) is 0 Å². The Morgan fingerprint density at radius 2 is 2.33 bits per heavy atom. The van der Waals surface area contributed by atoms with Gasteiger partial charge in [-0.05, 0) is 25.2 Å². The molecule has 0 spiro atoms. The van der Waals surface area contributed by atoms with Crippen LogP contribution in [-0.4, -0.2) is 50.6 Å². The van der Waals surface area contributed by atoms with Crippen LogP contribution in [0.2, 0.25) is 0 Å². The summed E-state index contributed by atoms with van der Waals surface area (Å²) >= 11 is 0. The highest BCUT2D eigenvalue weighted by Gasteiger charge is 2.22. The molecule has 1 heterocycles. The summed E-state index contributed by atoms with van der Waals surface area (Å²) in [5.41, 5.74) is 0. The zero-order valence-corrected chi connectivity index (χ0v) is 11.6. The van der Waals surface area contributed by atoms with E-state index in [0.29, 0.717) is 12.5 Å². The lowest BCUT2D eigenvalue weighted by atomic mass is 10.1. The van der Waals surface area contributed by atoms with E-state index < -0.39 is 0 Å². The molecule has 1 saturated heterocycles. The molecule has 0 aromatic heterocycles. The zero-order chi connectivity index (χ0) is 13.4. The lowest BCUT2D eigenvalue weighted by Gasteiger charge is -2.20. The molecule has 1 fully saturated rings. The molecule has 0 unspecified atom stereocenters. The number of carbonyl (C=O) groups excluding carboxylic acids is 1. The van der Waals surface area contributed by atoms with E-state index in [0.717, 1.165) is 26.0 Å². The monoisotopic (exact) mass is 256 g/mol. The molecule has 18 heavy (non-hydrogen) atoms. The first-order valence-corrected chi connectivity index (χ1v) is 6.52. The van der Waals surface area contributed by atoms with Gasteiger partial charge in [0.15, 0.2) is 0 Å². The fourth-order valence-corrected chi connectivity index (χ4v) is 2.12. The van der Waals surface area contributed by atoms with Gasteiger partial charge in [-0.1, -0.05) is 6.92 Å². The summed E-state index contributed by atoms with van der Waals surface area (Å²) in [4.78, 5) is 11.1. The maximum atomic E-state index is 11.1. The minimum atomic E-state index is -0.158. The molecular formula is C13H24N2O3. The maximum absolute atomic E-state index is 11.1. The van der Waals surface area contributed by atoms with Gasteiger partial charge in [0.05, 0.1) is 19.8 Å². The van der Waals surface area contributed by atoms with Crippen LogP contribution in [0.3, 0.4) is 0 Å². The van der Waals surface area contributed by atoms with Crippen molar-refractivity contribution in [3.8, 4) is 0 Å². The maximum Gasteiger partial charge on any atom is 0.305 e. The van der Waals surface area contributed by atoms with Gasteiger partial charge in [0, 0.05) is 26.3 Å². The van der Waals surface area contributed by atoms with Gasteiger partial charge in [-0.25, -0.2) is 0 Å². The molecule has 0 radical (unpaired) electrons. The van der Waals surface area contributed by atoms with Gasteiger partial charge in [-0.2, -0.15) is 5.10 Å². The van der Waals surface area contributed by atoms with Gasteiger partial charge in [-0.15, -0.1) is 0 Å². The molecule has 5 nitrogen and oxygen atoms in total. The van der Waals surface area contributed by atoms with Crippen LogP contribution in [0.4, 0.5) is 0 Å². The second kappa shape index (κ2) is 8.08. The van der Waals surface area contributed by atoms with Crippen LogP contribution in [0.5, 0.6) is 0 Å². The summed E-state index contributed by atoms with van der Waals surface area (Å²) in [6.07, 6.45) is 5.46. The highest BCUT2D eigenvalue weighted by Crippen LogP contribution is 2.17. The molecule has 5 heteroatoms. The average Bonchev–Trinajstić information content (AvgIpc) is 2.77. The largest absolute Gasteiger partial charge is 0.469 e. The van der Waals surface area contributed by atoms with E-state index in [1.54, 1.807) is 7.11 Å². The summed E-state index contributed by atoms with van der Waals surface area (Å²) in [5.74, 6) is 0.110. The fourth-order valence-electron chi connectivity index (χ4n) is 2.12. The van der Waals surface area contributed by atoms with E-state index in [-0.39, 0.29) is 11.9 Å². The summed E-state index contributed by atoms with van der Waals surface area (Å²) < 4.78 is 9.81. The molecule has 0 bridgehead atoms. The topological polar surface area (TPSA) is 51.1 Å². The molecular weight excluding hydrogens is 232 g/mol. The van der Waals surface area contributed by atoms with Crippen LogP contribution in [0.1, 0.15) is 32.6 Å². The number of nitrogens with zero attached hydrogens (tertiary/aromatic N) is 2. The number of rotatable bonds is 7. The van der Waals surface area contributed by atoms with E-state index in [1.165, 1.54) is 13.5 Å². The minimum absolute atomic E-state index is 0.158. The van der Waals surface area contributed by atoms with Crippen LogP contribution in [0, 0.1) is 5.92 Å². The van der Waals surface area contributed by atoms with Gasteiger partial charge >= 0.3 is 5.97 Å². The molecule has 1 aliphatic heterocycles. The van der Waals surface area contributed by atoms with Crippen molar-refractivity contribution in [1.82, 2.24) is 5.01 Å². The van der Waals surface area contributed by atoms with E-state index in [9.17, 15) is 4.79 Å². The molecule has 0 aromatic carbocycles. The van der Waals surface area contributed by atoms with E-state index >= 15 is 0 Å². The first-order valence-electron chi connectivity index (χ1n) is 6.52. The third-order valence-electron chi connectivity index (χ3n) is 3.19. The number of esters is 1. The standard InChI is InChI=1S/C13H24N2O3/c1-11(9-13(16)18-3)6-7-14-15-8-4-5-12(15)10-17-2/h7,11-12H,4-6,8-10H2,1-3H3/b14-7-/t11-,12+/m1/s1. The first kappa shape index (κ1) is 15.0. The van der Waals surface area contributed by atoms with Crippen LogP contribution < -0.4 is 0 Å². The summed E-state index contributed by atoms with van der Waals surface area (Å²) in [7, 11) is 3.14. The van der Waals surface area contributed by atoms with Crippen molar-refractivity contribution in [2.45, 2.75) is 38.6 Å². The second-order valence-corrected chi connectivity index (χ2v) is 4.83. The van der Waals surface area contributed by atoms with E-state index in [1.807, 2.05) is 13.1 Å². The Kier molecular flexibility index (Phi) is 6.72. The Labute approximate surface area is 109 Å². The normalized spacial score (nSPS) is 21.5. The van der Waals surface area contributed by atoms with E-state index in [2.05, 4.69) is 14.8 Å². The number of hydrazone groups is 1.